The fourth-order valence-electron chi connectivity index (χ4n) is 4.27. The molecule has 0 spiro atoms. The van der Waals surface area contributed by atoms with Crippen LogP contribution in [0.2, 0.25) is 0 Å². The number of nitrogens with one attached hydrogen (secondary N) is 1. The van der Waals surface area contributed by atoms with Crippen molar-refractivity contribution in [2.45, 2.75) is 31.7 Å². The molecule has 0 aliphatic carbocycles. The number of benzene rings is 2. The van der Waals surface area contributed by atoms with Crippen LogP contribution in [0.1, 0.15) is 30.9 Å². The molecule has 2 aliphatic heterocycles. The Labute approximate surface area is 166 Å². The lowest BCUT2D eigenvalue weighted by Gasteiger charge is -2.34. The summed E-state index contributed by atoms with van der Waals surface area (Å²) in [5.74, 6) is 0.492. The number of amides is 3. The number of likely N-dealkylation sites (tertiary alicyclic amines) is 1. The Hall–Kier alpha value is -2.66. The molecule has 2 heterocycles. The van der Waals surface area contributed by atoms with Crippen LogP contribution in [0.25, 0.3) is 0 Å². The van der Waals surface area contributed by atoms with Gasteiger partial charge < -0.3 is 5.32 Å². The van der Waals surface area contributed by atoms with Crippen molar-refractivity contribution in [3.8, 4) is 0 Å². The van der Waals surface area contributed by atoms with Gasteiger partial charge in [-0.05, 0) is 43.2 Å². The van der Waals surface area contributed by atoms with Gasteiger partial charge in [-0.2, -0.15) is 0 Å². The maximum atomic E-state index is 13.0. The summed E-state index contributed by atoms with van der Waals surface area (Å²) in [5, 5.41) is 2.89. The third-order valence-electron chi connectivity index (χ3n) is 6.04. The van der Waals surface area contributed by atoms with Crippen molar-refractivity contribution in [2.75, 3.05) is 19.8 Å². The second kappa shape index (κ2) is 7.76. The van der Waals surface area contributed by atoms with Crippen LogP contribution in [-0.4, -0.2) is 41.5 Å². The number of nitrogens with zero attached hydrogens (tertiary/aromatic N) is 2. The Morgan fingerprint density at radius 1 is 0.964 bits per heavy atom. The average molecular weight is 377 g/mol. The molecule has 146 valence electrons. The molecule has 2 fully saturated rings. The molecular formula is C23H27N3O2. The topological polar surface area (TPSA) is 52.7 Å². The van der Waals surface area contributed by atoms with Crippen molar-refractivity contribution in [2.24, 2.45) is 5.92 Å². The largest absolute Gasteiger partial charge is 0.326 e. The van der Waals surface area contributed by atoms with Crippen LogP contribution >= 0.6 is 0 Å². The van der Waals surface area contributed by atoms with Crippen LogP contribution in [0.5, 0.6) is 0 Å². The van der Waals surface area contributed by atoms with Gasteiger partial charge in [0.15, 0.2) is 0 Å². The molecule has 5 heteroatoms. The fraction of sp³-hybridized carbons (Fsp3) is 0.391. The first-order valence-corrected chi connectivity index (χ1v) is 10.0. The Morgan fingerprint density at radius 2 is 1.57 bits per heavy atom. The molecule has 0 unspecified atom stereocenters. The Kier molecular flexibility index (Phi) is 5.18. The highest BCUT2D eigenvalue weighted by Crippen LogP contribution is 2.29. The Bertz CT molecular complexity index is 831. The lowest BCUT2D eigenvalue weighted by Crippen LogP contribution is -2.46. The first kappa shape index (κ1) is 18.7. The molecule has 2 aromatic carbocycles. The molecule has 0 radical (unpaired) electrons. The van der Waals surface area contributed by atoms with E-state index < -0.39 is 5.54 Å². The van der Waals surface area contributed by atoms with Crippen LogP contribution in [0.4, 0.5) is 4.79 Å². The molecule has 1 N–H and O–H groups in total. The van der Waals surface area contributed by atoms with Gasteiger partial charge in [0.05, 0.1) is 6.67 Å². The standard InChI is InChI=1S/C23H27N3O2/c1-23(20-10-6-3-7-11-20)21(27)26(22(28)24-23)17-25-14-12-19(13-15-25)16-18-8-4-2-5-9-18/h2-11,19H,12-17H2,1H3,(H,24,28)/t23-/m0/s1. The minimum absolute atomic E-state index is 0.171. The normalized spacial score (nSPS) is 23.8. The highest BCUT2D eigenvalue weighted by molar-refractivity contribution is 6.07. The quantitative estimate of drug-likeness (QED) is 0.813. The summed E-state index contributed by atoms with van der Waals surface area (Å²) in [5.41, 5.74) is 1.22. The molecule has 0 bridgehead atoms. The van der Waals surface area contributed by atoms with Gasteiger partial charge in [-0.25, -0.2) is 9.69 Å². The van der Waals surface area contributed by atoms with Crippen molar-refractivity contribution in [1.82, 2.24) is 15.1 Å². The van der Waals surface area contributed by atoms with E-state index in [4.69, 9.17) is 0 Å². The molecule has 0 saturated carbocycles. The van der Waals surface area contributed by atoms with Crippen molar-refractivity contribution in [3.05, 3.63) is 71.8 Å². The summed E-state index contributed by atoms with van der Waals surface area (Å²) < 4.78 is 0. The molecule has 4 rings (SSSR count). The molecule has 1 atom stereocenters. The summed E-state index contributed by atoms with van der Waals surface area (Å²) in [6.07, 6.45) is 3.28. The number of carbonyl (C=O) groups excluding carboxylic acids is 2. The zero-order chi connectivity index (χ0) is 19.6. The van der Waals surface area contributed by atoms with E-state index in [1.807, 2.05) is 36.4 Å². The summed E-state index contributed by atoms with van der Waals surface area (Å²) in [6.45, 7) is 3.98. The minimum Gasteiger partial charge on any atom is -0.319 e. The number of hydrogen-bond acceptors (Lipinski definition) is 3. The van der Waals surface area contributed by atoms with Gasteiger partial charge in [0.25, 0.3) is 5.91 Å². The van der Waals surface area contributed by atoms with Gasteiger partial charge in [0, 0.05) is 13.1 Å². The summed E-state index contributed by atoms with van der Waals surface area (Å²) >= 11 is 0. The van der Waals surface area contributed by atoms with E-state index in [9.17, 15) is 9.59 Å². The third-order valence-corrected chi connectivity index (χ3v) is 6.04. The van der Waals surface area contributed by atoms with Crippen LogP contribution in [0.15, 0.2) is 60.7 Å². The van der Waals surface area contributed by atoms with E-state index in [2.05, 4.69) is 34.5 Å². The second-order valence-electron chi connectivity index (χ2n) is 8.05. The predicted molar refractivity (Wildman–Crippen MR) is 108 cm³/mol. The van der Waals surface area contributed by atoms with E-state index in [0.29, 0.717) is 12.6 Å². The van der Waals surface area contributed by atoms with Crippen LogP contribution in [0, 0.1) is 5.92 Å². The van der Waals surface area contributed by atoms with Gasteiger partial charge in [0.2, 0.25) is 0 Å². The predicted octanol–water partition coefficient (Wildman–Crippen LogP) is 3.37. The molecule has 2 aliphatic rings. The average Bonchev–Trinajstić information content (AvgIpc) is 2.95. The Balaban J connectivity index is 1.35. The monoisotopic (exact) mass is 377 g/mol. The number of piperidine rings is 1. The number of urea groups is 1. The van der Waals surface area contributed by atoms with Crippen LogP contribution in [0.3, 0.4) is 0 Å². The zero-order valence-electron chi connectivity index (χ0n) is 16.3. The highest BCUT2D eigenvalue weighted by atomic mass is 16.2. The van der Waals surface area contributed by atoms with E-state index in [0.717, 1.165) is 37.9 Å². The first-order valence-electron chi connectivity index (χ1n) is 10.0. The lowest BCUT2D eigenvalue weighted by atomic mass is 9.90. The highest BCUT2D eigenvalue weighted by Gasteiger charge is 2.49. The van der Waals surface area contributed by atoms with Gasteiger partial charge in [-0.3, -0.25) is 9.69 Å². The van der Waals surface area contributed by atoms with Crippen LogP contribution < -0.4 is 5.32 Å². The maximum Gasteiger partial charge on any atom is 0.326 e. The Morgan fingerprint density at radius 3 is 2.21 bits per heavy atom. The first-order chi connectivity index (χ1) is 13.6. The number of carbonyl (C=O) groups is 2. The molecule has 5 nitrogen and oxygen atoms in total. The molecular weight excluding hydrogens is 350 g/mol. The van der Waals surface area contributed by atoms with Gasteiger partial charge in [-0.1, -0.05) is 60.7 Å². The molecule has 0 aromatic heterocycles. The SMILES string of the molecule is C[C@@]1(c2ccccc2)NC(=O)N(CN2CCC(Cc3ccccc3)CC2)C1=O. The summed E-state index contributed by atoms with van der Waals surface area (Å²) in [6, 6.07) is 19.8. The maximum absolute atomic E-state index is 13.0. The number of imide groups is 1. The molecule has 2 saturated heterocycles. The van der Waals surface area contributed by atoms with Crippen molar-refractivity contribution in [3.63, 3.8) is 0 Å². The summed E-state index contributed by atoms with van der Waals surface area (Å²) in [7, 11) is 0. The second-order valence-corrected chi connectivity index (χ2v) is 8.05. The smallest absolute Gasteiger partial charge is 0.319 e. The molecule has 3 amide bonds. The zero-order valence-corrected chi connectivity index (χ0v) is 16.3. The summed E-state index contributed by atoms with van der Waals surface area (Å²) in [4.78, 5) is 29.1. The number of rotatable bonds is 5. The third kappa shape index (κ3) is 3.67. The van der Waals surface area contributed by atoms with Gasteiger partial charge >= 0.3 is 6.03 Å². The minimum atomic E-state index is -0.982. The van der Waals surface area contributed by atoms with E-state index in [-0.39, 0.29) is 11.9 Å². The van der Waals surface area contributed by atoms with E-state index in [1.54, 1.807) is 6.92 Å². The van der Waals surface area contributed by atoms with Gasteiger partial charge in [-0.15, -0.1) is 0 Å². The molecule has 2 aromatic rings. The van der Waals surface area contributed by atoms with Crippen molar-refractivity contribution >= 4 is 11.9 Å². The fourth-order valence-corrected chi connectivity index (χ4v) is 4.27. The number of hydrogen-bond donors (Lipinski definition) is 1. The lowest BCUT2D eigenvalue weighted by molar-refractivity contribution is -0.132. The van der Waals surface area contributed by atoms with Crippen molar-refractivity contribution in [1.29, 1.82) is 0 Å². The van der Waals surface area contributed by atoms with E-state index in [1.165, 1.54) is 10.5 Å². The van der Waals surface area contributed by atoms with Crippen LogP contribution in [-0.2, 0) is 16.8 Å². The van der Waals surface area contributed by atoms with E-state index >= 15 is 0 Å². The van der Waals surface area contributed by atoms with Gasteiger partial charge in [0.1, 0.15) is 5.54 Å². The molecule has 28 heavy (non-hydrogen) atoms. The van der Waals surface area contributed by atoms with Crippen molar-refractivity contribution < 1.29 is 9.59 Å².